The molecular weight excluding hydrogens is 529 g/mol. The smallest absolute Gasteiger partial charge is 0.282 e. The molecule has 2 fully saturated rings. The number of halogens is 1. The zero-order valence-electron chi connectivity index (χ0n) is 23.0. The molecule has 1 aliphatic carbocycles. The molecule has 1 saturated heterocycles. The molecule has 10 heteroatoms. The number of aromatic nitrogens is 1. The third-order valence-corrected chi connectivity index (χ3v) is 9.30. The molecule has 2 heterocycles. The maximum Gasteiger partial charge on any atom is 0.282 e. The van der Waals surface area contributed by atoms with Crippen LogP contribution in [0.4, 0.5) is 10.2 Å². The van der Waals surface area contributed by atoms with Gasteiger partial charge in [-0.25, -0.2) is 9.37 Å². The molecule has 40 heavy (non-hydrogen) atoms. The van der Waals surface area contributed by atoms with Crippen molar-refractivity contribution in [1.29, 1.82) is 0 Å². The van der Waals surface area contributed by atoms with E-state index in [1.54, 1.807) is 30.3 Å². The highest BCUT2D eigenvalue weighted by Gasteiger charge is 2.27. The van der Waals surface area contributed by atoms with Gasteiger partial charge >= 0.3 is 0 Å². The number of carbonyl (C=O) groups is 1. The van der Waals surface area contributed by atoms with Crippen LogP contribution in [0, 0.1) is 17.7 Å². The maximum atomic E-state index is 13.2. The Labute approximate surface area is 235 Å². The van der Waals surface area contributed by atoms with E-state index in [-0.39, 0.29) is 34.5 Å². The summed E-state index contributed by atoms with van der Waals surface area (Å²) >= 11 is 0. The van der Waals surface area contributed by atoms with Crippen LogP contribution < -0.4 is 10.2 Å². The summed E-state index contributed by atoms with van der Waals surface area (Å²) in [5, 5.41) is 3.78. The van der Waals surface area contributed by atoms with Gasteiger partial charge in [0.25, 0.3) is 10.0 Å². The van der Waals surface area contributed by atoms with Crippen molar-refractivity contribution in [1.82, 2.24) is 15.2 Å². The molecule has 1 aliphatic heterocycles. The summed E-state index contributed by atoms with van der Waals surface area (Å²) in [7, 11) is -1.74. The van der Waals surface area contributed by atoms with Crippen molar-refractivity contribution < 1.29 is 17.6 Å². The van der Waals surface area contributed by atoms with Crippen LogP contribution in [-0.4, -0.2) is 63.7 Å². The monoisotopic (exact) mass is 565 g/mol. The molecule has 0 bridgehead atoms. The number of benzene rings is 2. The second-order valence-electron chi connectivity index (χ2n) is 10.9. The fourth-order valence-corrected chi connectivity index (χ4v) is 6.36. The minimum atomic E-state index is -3.85. The number of sulfonamides is 1. The zero-order valence-corrected chi connectivity index (χ0v) is 23.8. The van der Waals surface area contributed by atoms with Gasteiger partial charge in [-0.1, -0.05) is 12.1 Å². The van der Waals surface area contributed by atoms with Crippen molar-refractivity contribution in [2.45, 2.75) is 43.5 Å². The topological polar surface area (TPSA) is 95.0 Å². The van der Waals surface area contributed by atoms with Crippen LogP contribution in [0.25, 0.3) is 10.9 Å². The number of anilines is 1. The van der Waals surface area contributed by atoms with Crippen molar-refractivity contribution in [3.05, 3.63) is 66.0 Å². The average molecular weight is 566 g/mol. The highest BCUT2D eigenvalue weighted by molar-refractivity contribution is 7.90. The minimum absolute atomic E-state index is 0.00150. The Kier molecular flexibility index (Phi) is 8.46. The van der Waals surface area contributed by atoms with Crippen LogP contribution in [0.5, 0.6) is 0 Å². The Bertz CT molecular complexity index is 1480. The van der Waals surface area contributed by atoms with E-state index in [2.05, 4.69) is 26.6 Å². The number of likely N-dealkylation sites (N-methyl/N-ethyl adjacent to an activating group) is 1. The summed E-state index contributed by atoms with van der Waals surface area (Å²) in [6, 6.07) is 14.7. The number of amides is 1. The number of hydrogen-bond donors (Lipinski definition) is 1. The van der Waals surface area contributed by atoms with Crippen molar-refractivity contribution in [2.24, 2.45) is 16.2 Å². The van der Waals surface area contributed by atoms with Crippen molar-refractivity contribution in [3.8, 4) is 0 Å². The molecule has 1 atom stereocenters. The standard InChI is InChI=1S/C30H36FN5O3S/c1-21(23-7-10-26(31)11-8-23)33-30(37)24-5-3-22(4-6-24)20-32-40(38,39)27-12-13-28-25(19-27)9-14-29(34-28)36-17-15-35(2)16-18-36/h7-14,19-22,24H,3-6,15-18H2,1-2H3,(H,33,37)/t21-,22?,24?/m1/s1. The van der Waals surface area contributed by atoms with E-state index in [1.165, 1.54) is 18.3 Å². The Balaban J connectivity index is 1.16. The average Bonchev–Trinajstić information content (AvgIpc) is 2.96. The fraction of sp³-hybridized carbons (Fsp3) is 0.433. The van der Waals surface area contributed by atoms with E-state index in [9.17, 15) is 17.6 Å². The van der Waals surface area contributed by atoms with Gasteiger partial charge in [0.1, 0.15) is 11.6 Å². The number of hydrogen-bond acceptors (Lipinski definition) is 6. The molecule has 8 nitrogen and oxygen atoms in total. The molecule has 0 spiro atoms. The van der Waals surface area contributed by atoms with E-state index in [0.29, 0.717) is 25.7 Å². The second-order valence-corrected chi connectivity index (χ2v) is 12.6. The van der Waals surface area contributed by atoms with Crippen LogP contribution in [0.15, 0.2) is 63.9 Å². The minimum Gasteiger partial charge on any atom is -0.354 e. The summed E-state index contributed by atoms with van der Waals surface area (Å²) in [5.41, 5.74) is 1.60. The number of fused-ring (bicyclic) bond motifs is 1. The van der Waals surface area contributed by atoms with Crippen LogP contribution in [0.2, 0.25) is 0 Å². The normalized spacial score (nSPS) is 21.5. The van der Waals surface area contributed by atoms with Crippen LogP contribution in [0.1, 0.15) is 44.2 Å². The zero-order chi connectivity index (χ0) is 28.3. The number of carbonyl (C=O) groups excluding carboxylic acids is 1. The third-order valence-electron chi connectivity index (χ3n) is 8.05. The molecule has 0 radical (unpaired) electrons. The lowest BCUT2D eigenvalue weighted by molar-refractivity contribution is -0.126. The summed E-state index contributed by atoms with van der Waals surface area (Å²) in [6.45, 7) is 5.68. The molecule has 1 N–H and O–H groups in total. The molecule has 1 saturated carbocycles. The first-order valence-electron chi connectivity index (χ1n) is 13.9. The predicted molar refractivity (Wildman–Crippen MR) is 156 cm³/mol. The van der Waals surface area contributed by atoms with E-state index < -0.39 is 10.0 Å². The molecule has 2 aromatic carbocycles. The quantitative estimate of drug-likeness (QED) is 0.422. The Morgan fingerprint density at radius 1 is 1.02 bits per heavy atom. The fourth-order valence-electron chi connectivity index (χ4n) is 5.39. The van der Waals surface area contributed by atoms with Gasteiger partial charge in [-0.15, -0.1) is 0 Å². The Hall–Kier alpha value is -3.37. The van der Waals surface area contributed by atoms with Gasteiger partial charge in [-0.05, 0) is 93.6 Å². The van der Waals surface area contributed by atoms with Gasteiger partial charge in [-0.3, -0.25) is 4.79 Å². The largest absolute Gasteiger partial charge is 0.354 e. The van der Waals surface area contributed by atoms with E-state index in [0.717, 1.165) is 48.5 Å². The predicted octanol–water partition coefficient (Wildman–Crippen LogP) is 4.57. The van der Waals surface area contributed by atoms with Crippen LogP contribution in [-0.2, 0) is 14.8 Å². The number of piperazine rings is 1. The highest BCUT2D eigenvalue weighted by Crippen LogP contribution is 2.29. The van der Waals surface area contributed by atoms with Crippen molar-refractivity contribution in [2.75, 3.05) is 38.1 Å². The molecule has 1 amide bonds. The lowest BCUT2D eigenvalue weighted by atomic mass is 9.82. The molecule has 212 valence electrons. The molecule has 2 aliphatic rings. The van der Waals surface area contributed by atoms with Gasteiger partial charge in [0.15, 0.2) is 0 Å². The number of nitrogens with one attached hydrogen (secondary N) is 1. The van der Waals surface area contributed by atoms with Gasteiger partial charge in [0.2, 0.25) is 5.91 Å². The maximum absolute atomic E-state index is 13.2. The lowest BCUT2D eigenvalue weighted by Crippen LogP contribution is -2.44. The van der Waals surface area contributed by atoms with Crippen molar-refractivity contribution >= 4 is 38.9 Å². The van der Waals surface area contributed by atoms with Gasteiger partial charge in [0.05, 0.1) is 16.5 Å². The summed E-state index contributed by atoms with van der Waals surface area (Å²) in [5.74, 6) is 0.440. The molecule has 5 rings (SSSR count). The third kappa shape index (κ3) is 6.67. The van der Waals surface area contributed by atoms with Gasteiger partial charge in [0, 0.05) is 43.7 Å². The number of rotatable bonds is 7. The Morgan fingerprint density at radius 3 is 2.42 bits per heavy atom. The lowest BCUT2D eigenvalue weighted by Gasteiger charge is -2.33. The Morgan fingerprint density at radius 2 is 1.73 bits per heavy atom. The molecular formula is C30H36FN5O3S. The van der Waals surface area contributed by atoms with E-state index in [4.69, 9.17) is 4.98 Å². The highest BCUT2D eigenvalue weighted by atomic mass is 32.2. The van der Waals surface area contributed by atoms with Crippen molar-refractivity contribution in [3.63, 3.8) is 0 Å². The summed E-state index contributed by atoms with van der Waals surface area (Å²) in [4.78, 5) is 22.2. The number of pyridine rings is 1. The van der Waals surface area contributed by atoms with Gasteiger partial charge in [-0.2, -0.15) is 12.8 Å². The SMILES string of the molecule is C[C@@H](NC(=O)C1CCC(C=NS(=O)(=O)c2ccc3nc(N4CCN(C)CC4)ccc3c2)CC1)c1ccc(F)cc1. The van der Waals surface area contributed by atoms with E-state index in [1.807, 2.05) is 19.1 Å². The van der Waals surface area contributed by atoms with Crippen LogP contribution in [0.3, 0.4) is 0 Å². The number of nitrogens with zero attached hydrogens (tertiary/aromatic N) is 4. The molecule has 0 unspecified atom stereocenters. The first-order valence-corrected chi connectivity index (χ1v) is 15.3. The molecule has 1 aromatic heterocycles. The molecule has 3 aromatic rings. The summed E-state index contributed by atoms with van der Waals surface area (Å²) < 4.78 is 43.2. The first kappa shape index (κ1) is 28.2. The first-order chi connectivity index (χ1) is 19.2. The van der Waals surface area contributed by atoms with Gasteiger partial charge < -0.3 is 15.1 Å². The van der Waals surface area contributed by atoms with E-state index >= 15 is 0 Å². The van der Waals surface area contributed by atoms with Crippen LogP contribution >= 0.6 is 0 Å². The summed E-state index contributed by atoms with van der Waals surface area (Å²) in [6.07, 6.45) is 4.24. The second kappa shape index (κ2) is 12.0.